The lowest BCUT2D eigenvalue weighted by Crippen LogP contribution is -2.70. The molecule has 0 bridgehead atoms. The predicted octanol–water partition coefficient (Wildman–Crippen LogP) is -29.0. The molecule has 13 rings (SSSR count). The fourth-order valence-corrected chi connectivity index (χ4v) is 19.4. The highest BCUT2D eigenvalue weighted by Crippen LogP contribution is 2.44. The minimum absolute atomic E-state index is 0.856. The van der Waals surface area contributed by atoms with E-state index in [0.29, 0.717) is 0 Å². The number of aliphatic hydroxyl groups is 39. The van der Waals surface area contributed by atoms with Crippen molar-refractivity contribution in [3.05, 3.63) is 0 Å². The van der Waals surface area contributed by atoms with Crippen LogP contribution in [0, 0.1) is 0 Å². The van der Waals surface area contributed by atoms with E-state index in [1.165, 1.54) is 0 Å². The van der Waals surface area contributed by atoms with E-state index in [-0.39, 0.29) is 0 Å². The summed E-state index contributed by atoms with van der Waals surface area (Å²) in [5, 5.41) is 444. The molecule has 68 nitrogen and oxygen atoms in total. The second kappa shape index (κ2) is 53.8. The molecule has 0 aromatic carbocycles. The van der Waals surface area contributed by atoms with Gasteiger partial charge < -0.3 is 328 Å². The molecular weight excluding hydrogens is 2070 g/mol. The molecule has 13 aliphatic heterocycles. The van der Waals surface area contributed by atoms with Gasteiger partial charge in [-0.3, -0.25) is 9.59 Å². The molecule has 65 atom stereocenters. The van der Waals surface area contributed by atoms with Crippen molar-refractivity contribution in [2.24, 2.45) is 0 Å². The van der Waals surface area contributed by atoms with Crippen molar-refractivity contribution in [1.82, 2.24) is 10.6 Å². The molecule has 0 aromatic heterocycles. The number of aliphatic hydroxyl groups excluding tert-OH is 39. The SMILES string of the molecule is CC(=O)N[C@@H]1[C@@H](O)[C@H](O[C@@H]2O[C@H](CO)[C@@H](O[C@@H]3O[C@H](CO[C@H]4O[C@H](CO[C@H]5O[C@H](CO)[C@@H](O)[C@H](O)[C@@H]5O[C@H]5O[C@H](CO)[C@@H](O)[C@H](O)[C@@H]5O[C@H]5O[C@H](CO)[C@@H](O)[C@H](O)[C@@H]5O)[C@@H](O)[C@H](O[C@H]5O[C@H](CO)[C@@H](O)[C@H](O)[C@@H]5O[C@H]5O[C@H](CO)[C@@H](O)[C@H](O)[C@@H]5O)[C@@H]4O)[C@@H](O)[C@H](O[C@H]4O[C@H](CO)[C@@H](O)[C@H](O)[C@@H]4O[C@H]4O[C@H](CO)[C@@H](O)[C@H](O)[C@@H]4O[C@H]4O[C@H](CO)[C@@H](O)[C@H](O)[C@@H]4O[C@H]4O[C@H](CO)[C@@H](O)[C@H](O)[C@@H]4O)[C@@H]3O)[C@H](O)[C@H]2NC(C)=O)[C@@H](CO)O[C@H]1O. The number of hydrogen-bond acceptors (Lipinski definition) is 66. The molecule has 41 N–H and O–H groups in total. The van der Waals surface area contributed by atoms with Crippen LogP contribution in [0.3, 0.4) is 0 Å². The van der Waals surface area contributed by atoms with Crippen molar-refractivity contribution in [2.75, 3.05) is 85.9 Å². The average molecular weight is 2210 g/mol. The highest BCUT2D eigenvalue weighted by molar-refractivity contribution is 5.73. The Morgan fingerprint density at radius 1 is 0.173 bits per heavy atom. The fourth-order valence-electron chi connectivity index (χ4n) is 19.4. The molecule has 150 heavy (non-hydrogen) atoms. The Morgan fingerprint density at radius 3 is 0.660 bits per heavy atom. The van der Waals surface area contributed by atoms with Gasteiger partial charge in [-0.2, -0.15) is 0 Å². The zero-order chi connectivity index (χ0) is 110. The lowest BCUT2D eigenvalue weighted by molar-refractivity contribution is -0.414. The minimum atomic E-state index is -2.80. The molecule has 68 heteroatoms. The minimum Gasteiger partial charge on any atom is -0.394 e. The number of amides is 2. The van der Waals surface area contributed by atoms with Crippen LogP contribution in [0.2, 0.25) is 0 Å². The van der Waals surface area contributed by atoms with Crippen molar-refractivity contribution >= 4 is 11.8 Å². The van der Waals surface area contributed by atoms with Gasteiger partial charge in [-0.05, 0) is 0 Å². The highest BCUT2D eigenvalue weighted by atomic mass is 16.8. The average Bonchev–Trinajstić information content (AvgIpc) is 0.763. The van der Waals surface area contributed by atoms with Crippen LogP contribution in [0.5, 0.6) is 0 Å². The summed E-state index contributed by atoms with van der Waals surface area (Å²) in [4.78, 5) is 25.6. The maximum absolute atomic E-state index is 13.3. The van der Waals surface area contributed by atoms with Crippen molar-refractivity contribution in [3.63, 3.8) is 0 Å². The number of ether oxygens (including phenoxy) is 25. The Labute approximate surface area is 845 Å². The number of nitrogens with one attached hydrogen (secondary N) is 2. The molecule has 0 saturated carbocycles. The topological polar surface area (TPSA) is 1080 Å². The van der Waals surface area contributed by atoms with E-state index < -0.39 is 497 Å². The summed E-state index contributed by atoms with van der Waals surface area (Å²) in [7, 11) is 0. The van der Waals surface area contributed by atoms with Crippen LogP contribution in [0.4, 0.5) is 0 Å². The summed E-state index contributed by atoms with van der Waals surface area (Å²) in [5.41, 5.74) is 0. The molecule has 2 amide bonds. The number of carbonyl (C=O) groups is 2. The first kappa shape index (κ1) is 123. The van der Waals surface area contributed by atoms with Crippen molar-refractivity contribution < 1.29 is 327 Å². The Balaban J connectivity index is 0.870. The van der Waals surface area contributed by atoms with Crippen molar-refractivity contribution in [2.45, 2.75) is 413 Å². The van der Waals surface area contributed by atoms with Gasteiger partial charge in [-0.1, -0.05) is 0 Å². The van der Waals surface area contributed by atoms with Crippen LogP contribution in [-0.2, 0) is 128 Å². The van der Waals surface area contributed by atoms with Crippen LogP contribution in [-0.4, -0.2) is 696 Å². The van der Waals surface area contributed by atoms with Crippen molar-refractivity contribution in [3.8, 4) is 0 Å². The van der Waals surface area contributed by atoms with E-state index in [2.05, 4.69) is 10.6 Å². The zero-order valence-corrected chi connectivity index (χ0v) is 79.2. The monoisotopic (exact) mass is 2210 g/mol. The molecule has 0 radical (unpaired) electrons. The molecule has 0 spiro atoms. The Bertz CT molecular complexity index is 4070. The number of rotatable bonds is 39. The first-order valence-electron chi connectivity index (χ1n) is 47.7. The lowest BCUT2D eigenvalue weighted by atomic mass is 9.94. The van der Waals surface area contributed by atoms with E-state index >= 15 is 0 Å². The summed E-state index contributed by atoms with van der Waals surface area (Å²) in [6.45, 7) is -14.1. The lowest BCUT2D eigenvalue weighted by Gasteiger charge is -2.51. The molecule has 13 heterocycles. The molecule has 13 saturated heterocycles. The van der Waals surface area contributed by atoms with Gasteiger partial charge in [0.2, 0.25) is 11.8 Å². The van der Waals surface area contributed by atoms with E-state index in [1.54, 1.807) is 0 Å². The molecule has 13 aliphatic rings. The maximum atomic E-state index is 13.3. The fraction of sp³-hybridized carbons (Fsp3) is 0.976. The Morgan fingerprint density at radius 2 is 0.367 bits per heavy atom. The van der Waals surface area contributed by atoms with Crippen LogP contribution in [0.15, 0.2) is 0 Å². The third-order valence-electron chi connectivity index (χ3n) is 28.0. The van der Waals surface area contributed by atoms with Gasteiger partial charge in [0, 0.05) is 13.8 Å². The van der Waals surface area contributed by atoms with E-state index in [0.717, 1.165) is 13.8 Å². The summed E-state index contributed by atoms with van der Waals surface area (Å²) >= 11 is 0. The standard InChI is InChI=1S/C82H138N2O66/c1-16(96)83-31-44(109)60(27(12-94)128-70(31)125)141-71-32(84-17(2)97)45(110)61(28(13-95)138-71)142-76-59(124)63(144-79-68(53(118)40(105)23(8-90)134-79)149-82-69(54(119)41(106)26(11-93)137-82)150-81-67(52(117)39(104)25(10-92)136-81)147-75-57(122)48(113)35(100)20(5-87)131-75)43(108)30(140-76)14-126-72-58(123)62(143-78-65(50(115)37(102)22(7-89)133-78)145-73-55(120)46(111)33(98)18(3-85)129-73)42(107)29(139-72)15-127-77-64(49(114)36(101)21(6-88)132-77)148-80-66(51(116)38(103)24(9-91)135-80)146-74-56(121)47(112)34(99)19(4-86)130-74/h18-82,85-95,98-125H,3-15H2,1-2H3,(H,83,96)(H,84,97)/t18-,19-,20-,21-,22-,23-,24-,25-,26-,27-,28-,29-,30-,31-,32-,33-,34-,35-,36-,37-,38-,39-,40-,41-,42-,43-,44-,45-,46+,47+,48+,49+,50+,51+,52+,53+,54+,55+,56+,57+,58+,59+,60-,61-,62+,63+,64+,65+,66+,67+,68+,69+,70-,71+,72+,73-,74-,75-,76+,77+,78-,79-,80-,81-,82-/m1/s1. The molecule has 13 fully saturated rings. The Kier molecular flexibility index (Phi) is 44.2. The smallest absolute Gasteiger partial charge is 0.217 e. The summed E-state index contributed by atoms with van der Waals surface area (Å²) in [6.07, 6.45) is -144. The van der Waals surface area contributed by atoms with Crippen LogP contribution in [0.25, 0.3) is 0 Å². The van der Waals surface area contributed by atoms with E-state index in [4.69, 9.17) is 118 Å². The van der Waals surface area contributed by atoms with Crippen LogP contribution < -0.4 is 10.6 Å². The van der Waals surface area contributed by atoms with Gasteiger partial charge in [-0.25, -0.2) is 0 Å². The summed E-state index contributed by atoms with van der Waals surface area (Å²) in [6, 6.07) is -3.83. The van der Waals surface area contributed by atoms with E-state index in [1.807, 2.05) is 0 Å². The summed E-state index contributed by atoms with van der Waals surface area (Å²) in [5.74, 6) is -1.90. The molecule has 872 valence electrons. The maximum Gasteiger partial charge on any atom is 0.217 e. The number of carbonyl (C=O) groups excluding carboxylic acids is 2. The van der Waals surface area contributed by atoms with Crippen LogP contribution >= 0.6 is 0 Å². The van der Waals surface area contributed by atoms with Gasteiger partial charge in [0.25, 0.3) is 0 Å². The van der Waals surface area contributed by atoms with Gasteiger partial charge in [-0.15, -0.1) is 0 Å². The first-order valence-corrected chi connectivity index (χ1v) is 47.7. The first-order chi connectivity index (χ1) is 71.1. The second-order valence-corrected chi connectivity index (χ2v) is 38.0. The molecule has 0 unspecified atom stereocenters. The van der Waals surface area contributed by atoms with Gasteiger partial charge in [0.15, 0.2) is 81.8 Å². The second-order valence-electron chi connectivity index (χ2n) is 38.0. The third-order valence-corrected chi connectivity index (χ3v) is 28.0. The van der Waals surface area contributed by atoms with Gasteiger partial charge in [0.1, 0.15) is 317 Å². The largest absolute Gasteiger partial charge is 0.394 e. The molecule has 0 aliphatic carbocycles. The highest BCUT2D eigenvalue weighted by Gasteiger charge is 2.65. The van der Waals surface area contributed by atoms with Gasteiger partial charge >= 0.3 is 0 Å². The van der Waals surface area contributed by atoms with Crippen LogP contribution in [0.1, 0.15) is 13.8 Å². The van der Waals surface area contributed by atoms with Crippen molar-refractivity contribution in [1.29, 1.82) is 0 Å². The molecule has 0 aromatic rings. The molecular formula is C82H138N2O66. The Hall–Kier alpha value is -3.62. The predicted molar refractivity (Wildman–Crippen MR) is 451 cm³/mol. The third kappa shape index (κ3) is 26.2. The number of hydrogen-bond donors (Lipinski definition) is 41. The van der Waals surface area contributed by atoms with E-state index in [9.17, 15) is 209 Å². The quantitative estimate of drug-likeness (QED) is 0.0272. The summed E-state index contributed by atoms with van der Waals surface area (Å²) < 4.78 is 148. The van der Waals surface area contributed by atoms with Gasteiger partial charge in [0.05, 0.1) is 85.9 Å². The zero-order valence-electron chi connectivity index (χ0n) is 79.2. The normalized spacial score (nSPS) is 52.1.